The van der Waals surface area contributed by atoms with E-state index in [2.05, 4.69) is 38.8 Å². The monoisotopic (exact) mass is 441 g/mol. The number of nitrogens with one attached hydrogen (secondary N) is 1. The first-order chi connectivity index (χ1) is 15.0. The number of aromatic nitrogens is 3. The Bertz CT molecular complexity index is 976. The maximum Gasteiger partial charge on any atom is 0.234 e. The van der Waals surface area contributed by atoms with E-state index in [4.69, 9.17) is 4.42 Å². The fourth-order valence-corrected chi connectivity index (χ4v) is 4.13. The fourth-order valence-electron chi connectivity index (χ4n) is 3.37. The molecule has 1 aromatic carbocycles. The molecule has 0 aliphatic carbocycles. The largest absolute Gasteiger partial charge is 0.469 e. The van der Waals surface area contributed by atoms with Crippen molar-refractivity contribution >= 4 is 23.4 Å². The van der Waals surface area contributed by atoms with Gasteiger partial charge in [0.25, 0.3) is 0 Å². The molecule has 3 rings (SSSR count). The van der Waals surface area contributed by atoms with Crippen LogP contribution in [0, 0.1) is 13.8 Å². The quantitative estimate of drug-likeness (QED) is 0.438. The lowest BCUT2D eigenvalue weighted by atomic mass is 10.2. The van der Waals surface area contributed by atoms with Gasteiger partial charge in [-0.3, -0.25) is 4.79 Å². The molecule has 0 atom stereocenters. The van der Waals surface area contributed by atoms with Crippen LogP contribution < -0.4 is 5.32 Å². The Morgan fingerprint density at radius 2 is 1.87 bits per heavy atom. The predicted molar refractivity (Wildman–Crippen MR) is 125 cm³/mol. The lowest BCUT2D eigenvalue weighted by molar-refractivity contribution is -0.113. The molecular weight excluding hydrogens is 410 g/mol. The first-order valence-corrected chi connectivity index (χ1v) is 11.7. The second-order valence-electron chi connectivity index (χ2n) is 7.43. The Labute approximate surface area is 188 Å². The summed E-state index contributed by atoms with van der Waals surface area (Å²) in [4.78, 5) is 14.8. The van der Waals surface area contributed by atoms with Crippen LogP contribution in [-0.4, -0.2) is 51.0 Å². The van der Waals surface area contributed by atoms with Gasteiger partial charge in [-0.1, -0.05) is 43.3 Å². The zero-order chi connectivity index (χ0) is 22.2. The normalized spacial score (nSPS) is 11.3. The highest BCUT2D eigenvalue weighted by Gasteiger charge is 2.18. The van der Waals surface area contributed by atoms with Crippen molar-refractivity contribution in [1.29, 1.82) is 0 Å². The fraction of sp³-hybridized carbons (Fsp3) is 0.435. The summed E-state index contributed by atoms with van der Waals surface area (Å²) in [6.07, 6.45) is 2.65. The summed E-state index contributed by atoms with van der Waals surface area (Å²) in [5.41, 5.74) is 2.89. The van der Waals surface area contributed by atoms with Gasteiger partial charge in [0.2, 0.25) is 5.91 Å². The molecule has 7 nitrogen and oxygen atoms in total. The lowest BCUT2D eigenvalue weighted by Crippen LogP contribution is -2.25. The van der Waals surface area contributed by atoms with E-state index in [1.54, 1.807) is 6.26 Å². The van der Waals surface area contributed by atoms with Gasteiger partial charge in [-0.2, -0.15) is 0 Å². The van der Waals surface area contributed by atoms with Crippen molar-refractivity contribution in [3.63, 3.8) is 0 Å². The van der Waals surface area contributed by atoms with Gasteiger partial charge in [-0.25, -0.2) is 0 Å². The third kappa shape index (κ3) is 6.21. The molecule has 0 saturated carbocycles. The third-order valence-corrected chi connectivity index (χ3v) is 6.20. The van der Waals surface area contributed by atoms with Gasteiger partial charge in [0.05, 0.1) is 17.6 Å². The molecule has 0 fully saturated rings. The molecule has 31 heavy (non-hydrogen) atoms. The number of thioether (sulfide) groups is 1. The number of anilines is 1. The zero-order valence-electron chi connectivity index (χ0n) is 18.7. The number of carbonyl (C=O) groups is 1. The van der Waals surface area contributed by atoms with Crippen molar-refractivity contribution in [2.24, 2.45) is 0 Å². The van der Waals surface area contributed by atoms with Gasteiger partial charge >= 0.3 is 0 Å². The standard InChI is InChI=1S/C23H31N5O2S/c1-5-27(6-2)13-7-14-28-22(20-12-15-30-18(20)4)25-26-23(28)31-16-21(29)24-19-10-8-17(3)9-11-19/h8-12,15H,5-7,13-14,16H2,1-4H3,(H,24,29). The van der Waals surface area contributed by atoms with E-state index in [1.807, 2.05) is 44.2 Å². The maximum atomic E-state index is 12.4. The molecule has 0 saturated heterocycles. The van der Waals surface area contributed by atoms with Gasteiger partial charge < -0.3 is 19.2 Å². The number of carbonyl (C=O) groups excluding carboxylic acids is 1. The molecule has 3 aromatic rings. The van der Waals surface area contributed by atoms with Crippen molar-refractivity contribution in [1.82, 2.24) is 19.7 Å². The van der Waals surface area contributed by atoms with Crippen LogP contribution in [-0.2, 0) is 11.3 Å². The third-order valence-electron chi connectivity index (χ3n) is 5.23. The highest BCUT2D eigenvalue weighted by atomic mass is 32.2. The molecule has 1 N–H and O–H groups in total. The van der Waals surface area contributed by atoms with Crippen molar-refractivity contribution < 1.29 is 9.21 Å². The van der Waals surface area contributed by atoms with Crippen molar-refractivity contribution in [3.05, 3.63) is 47.9 Å². The van der Waals surface area contributed by atoms with E-state index < -0.39 is 0 Å². The Morgan fingerprint density at radius 1 is 1.13 bits per heavy atom. The molecule has 2 heterocycles. The van der Waals surface area contributed by atoms with Crippen molar-refractivity contribution in [2.45, 2.75) is 45.8 Å². The Kier molecular flexibility index (Phi) is 8.31. The molecular formula is C23H31N5O2S. The minimum Gasteiger partial charge on any atom is -0.469 e. The van der Waals surface area contributed by atoms with Crippen LogP contribution in [0.15, 0.2) is 46.2 Å². The van der Waals surface area contributed by atoms with Crippen molar-refractivity contribution in [2.75, 3.05) is 30.7 Å². The highest BCUT2D eigenvalue weighted by Crippen LogP contribution is 2.27. The number of furan rings is 1. The van der Waals surface area contributed by atoms with Gasteiger partial charge in [-0.15, -0.1) is 10.2 Å². The van der Waals surface area contributed by atoms with Gasteiger partial charge in [0.15, 0.2) is 11.0 Å². The molecule has 0 aliphatic heterocycles. The van der Waals surface area contributed by atoms with Crippen LogP contribution in [0.3, 0.4) is 0 Å². The van der Waals surface area contributed by atoms with Crippen LogP contribution in [0.5, 0.6) is 0 Å². The highest BCUT2D eigenvalue weighted by molar-refractivity contribution is 7.99. The smallest absolute Gasteiger partial charge is 0.234 e. The van der Waals surface area contributed by atoms with Crippen LogP contribution in [0.25, 0.3) is 11.4 Å². The van der Waals surface area contributed by atoms with Crippen molar-refractivity contribution in [3.8, 4) is 11.4 Å². The SMILES string of the molecule is CCN(CC)CCCn1c(SCC(=O)Nc2ccc(C)cc2)nnc1-c1ccoc1C. The zero-order valence-corrected chi connectivity index (χ0v) is 19.5. The molecule has 2 aromatic heterocycles. The molecule has 0 aliphatic rings. The molecule has 0 bridgehead atoms. The molecule has 8 heteroatoms. The average Bonchev–Trinajstić information content (AvgIpc) is 3.37. The van der Waals surface area contributed by atoms with Gasteiger partial charge in [0, 0.05) is 12.2 Å². The van der Waals surface area contributed by atoms with E-state index in [0.29, 0.717) is 0 Å². The Morgan fingerprint density at radius 3 is 2.52 bits per heavy atom. The molecule has 166 valence electrons. The first kappa shape index (κ1) is 23.1. The molecule has 0 unspecified atom stereocenters. The van der Waals surface area contributed by atoms with E-state index >= 15 is 0 Å². The van der Waals surface area contributed by atoms with E-state index in [-0.39, 0.29) is 11.7 Å². The Balaban J connectivity index is 1.69. The summed E-state index contributed by atoms with van der Waals surface area (Å²) >= 11 is 1.40. The predicted octanol–water partition coefficient (Wildman–Crippen LogP) is 4.62. The number of aryl methyl sites for hydroxylation is 2. The number of hydrogen-bond acceptors (Lipinski definition) is 6. The average molecular weight is 442 g/mol. The number of amides is 1. The molecule has 0 spiro atoms. The number of nitrogens with zero attached hydrogens (tertiary/aromatic N) is 4. The van der Waals surface area contributed by atoms with E-state index in [9.17, 15) is 4.79 Å². The second kappa shape index (κ2) is 11.2. The number of hydrogen-bond donors (Lipinski definition) is 1. The van der Waals surface area contributed by atoms with Crippen LogP contribution in [0.1, 0.15) is 31.6 Å². The summed E-state index contributed by atoms with van der Waals surface area (Å²) in [5, 5.41) is 12.5. The summed E-state index contributed by atoms with van der Waals surface area (Å²) in [5.74, 6) is 1.80. The van der Waals surface area contributed by atoms with Crippen LogP contribution in [0.2, 0.25) is 0 Å². The minimum atomic E-state index is -0.0624. The van der Waals surface area contributed by atoms with Crippen LogP contribution >= 0.6 is 11.8 Å². The molecule has 1 amide bonds. The van der Waals surface area contributed by atoms with Gasteiger partial charge in [0.1, 0.15) is 5.76 Å². The maximum absolute atomic E-state index is 12.4. The minimum absolute atomic E-state index is 0.0624. The number of benzene rings is 1. The van der Waals surface area contributed by atoms with Gasteiger partial charge in [-0.05, 0) is 58.1 Å². The summed E-state index contributed by atoms with van der Waals surface area (Å²) < 4.78 is 7.58. The topological polar surface area (TPSA) is 76.2 Å². The summed E-state index contributed by atoms with van der Waals surface area (Å²) in [6.45, 7) is 12.2. The molecule has 0 radical (unpaired) electrons. The summed E-state index contributed by atoms with van der Waals surface area (Å²) in [6, 6.07) is 9.70. The van der Waals surface area contributed by atoms with E-state index in [0.717, 1.165) is 66.2 Å². The first-order valence-electron chi connectivity index (χ1n) is 10.7. The number of rotatable bonds is 11. The Hall–Kier alpha value is -2.58. The second-order valence-corrected chi connectivity index (χ2v) is 8.37. The lowest BCUT2D eigenvalue weighted by Gasteiger charge is -2.18. The van der Waals surface area contributed by atoms with Crippen LogP contribution in [0.4, 0.5) is 5.69 Å². The summed E-state index contributed by atoms with van der Waals surface area (Å²) in [7, 11) is 0. The van der Waals surface area contributed by atoms with E-state index in [1.165, 1.54) is 11.8 Å².